The fourth-order valence-corrected chi connectivity index (χ4v) is 3.82. The molecule has 1 radical (unpaired) electrons. The average molecular weight is 189 g/mol. The van der Waals surface area contributed by atoms with Gasteiger partial charge in [0.05, 0.1) is 0 Å². The fraction of sp³-hybridized carbons (Fsp3) is 0.889. The van der Waals surface area contributed by atoms with E-state index in [2.05, 4.69) is 37.4 Å². The van der Waals surface area contributed by atoms with Gasteiger partial charge in [-0.05, 0) is 36.2 Å². The first-order valence-electron chi connectivity index (χ1n) is 4.23. The molecule has 2 heteroatoms. The Morgan fingerprint density at radius 3 is 2.45 bits per heavy atom. The molecule has 0 nitrogen and oxygen atoms in total. The van der Waals surface area contributed by atoms with Crippen LogP contribution in [0.4, 0.5) is 0 Å². The summed E-state index contributed by atoms with van der Waals surface area (Å²) in [7, 11) is 0. The van der Waals surface area contributed by atoms with E-state index in [1.165, 1.54) is 29.4 Å². The lowest BCUT2D eigenvalue weighted by molar-refractivity contribution is 0.579. The number of rotatable bonds is 3. The van der Waals surface area contributed by atoms with Gasteiger partial charge in [-0.15, -0.1) is 0 Å². The van der Waals surface area contributed by atoms with Crippen LogP contribution in [0.25, 0.3) is 0 Å². The monoisotopic (exact) mass is 189 g/mol. The van der Waals surface area contributed by atoms with Crippen molar-refractivity contribution >= 4 is 23.5 Å². The fourth-order valence-electron chi connectivity index (χ4n) is 1.20. The predicted molar refractivity (Wildman–Crippen MR) is 57.1 cm³/mol. The summed E-state index contributed by atoms with van der Waals surface area (Å²) in [5, 5.41) is 1.32. The maximum atomic E-state index is 2.24. The zero-order valence-corrected chi connectivity index (χ0v) is 9.06. The van der Waals surface area contributed by atoms with E-state index in [0.717, 1.165) is 5.92 Å². The van der Waals surface area contributed by atoms with Crippen molar-refractivity contribution in [3.63, 3.8) is 0 Å². The Bertz CT molecular complexity index is 95.7. The van der Waals surface area contributed by atoms with Crippen LogP contribution in [0, 0.1) is 11.8 Å². The summed E-state index contributed by atoms with van der Waals surface area (Å²) in [6, 6.07) is 0. The summed E-state index contributed by atoms with van der Waals surface area (Å²) < 4.78 is 0. The molecule has 0 amide bonds. The van der Waals surface area contributed by atoms with E-state index in [0.29, 0.717) is 0 Å². The summed E-state index contributed by atoms with van der Waals surface area (Å²) in [5.74, 6) is 5.39. The summed E-state index contributed by atoms with van der Waals surface area (Å²) in [5.41, 5.74) is 0. The van der Waals surface area contributed by atoms with E-state index in [-0.39, 0.29) is 0 Å². The van der Waals surface area contributed by atoms with Crippen LogP contribution in [-0.2, 0) is 0 Å². The highest BCUT2D eigenvalue weighted by Gasteiger charge is 2.13. The zero-order valence-electron chi connectivity index (χ0n) is 7.43. The third-order valence-corrected chi connectivity index (χ3v) is 4.67. The van der Waals surface area contributed by atoms with Crippen LogP contribution in [0.15, 0.2) is 0 Å². The van der Waals surface area contributed by atoms with Crippen LogP contribution in [0.3, 0.4) is 0 Å². The zero-order chi connectivity index (χ0) is 8.10. The number of hydrogen-bond donors (Lipinski definition) is 0. The standard InChI is InChI=1S/C9H17S2/c1-8(2)3-4-9-5-10-7-11-6-9/h9H,3-7H2,1-2H3. The van der Waals surface area contributed by atoms with Gasteiger partial charge in [0.1, 0.15) is 0 Å². The van der Waals surface area contributed by atoms with Crippen molar-refractivity contribution in [1.82, 2.24) is 0 Å². The summed E-state index contributed by atoms with van der Waals surface area (Å²) in [6.45, 7) is 4.48. The van der Waals surface area contributed by atoms with Crippen molar-refractivity contribution in [3.8, 4) is 0 Å². The molecule has 65 valence electrons. The minimum atomic E-state index is 0.994. The molecule has 0 spiro atoms. The van der Waals surface area contributed by atoms with Crippen LogP contribution in [0.5, 0.6) is 0 Å². The van der Waals surface area contributed by atoms with Gasteiger partial charge in [-0.1, -0.05) is 13.8 Å². The van der Waals surface area contributed by atoms with Crippen molar-refractivity contribution in [2.24, 2.45) is 5.92 Å². The quantitative estimate of drug-likeness (QED) is 0.667. The summed E-state index contributed by atoms with van der Waals surface area (Å²) in [6.07, 6.45) is 2.76. The van der Waals surface area contributed by atoms with Gasteiger partial charge in [-0.3, -0.25) is 0 Å². The van der Waals surface area contributed by atoms with Crippen molar-refractivity contribution in [2.45, 2.75) is 26.7 Å². The van der Waals surface area contributed by atoms with Crippen molar-refractivity contribution in [1.29, 1.82) is 0 Å². The van der Waals surface area contributed by atoms with Gasteiger partial charge < -0.3 is 0 Å². The lowest BCUT2D eigenvalue weighted by atomic mass is 10.0. The molecule has 1 fully saturated rings. The molecule has 0 N–H and O–H groups in total. The van der Waals surface area contributed by atoms with Gasteiger partial charge in [0.15, 0.2) is 0 Å². The van der Waals surface area contributed by atoms with E-state index >= 15 is 0 Å². The average Bonchev–Trinajstić information content (AvgIpc) is 2.03. The molecule has 0 atom stereocenters. The second-order valence-corrected chi connectivity index (χ2v) is 5.90. The highest BCUT2D eigenvalue weighted by Crippen LogP contribution is 2.29. The lowest BCUT2D eigenvalue weighted by Crippen LogP contribution is -2.12. The molecule has 0 saturated carbocycles. The Balaban J connectivity index is 2.05. The largest absolute Gasteiger partial charge is 0.151 e. The minimum Gasteiger partial charge on any atom is -0.151 e. The van der Waals surface area contributed by atoms with Crippen LogP contribution in [0.1, 0.15) is 26.7 Å². The maximum absolute atomic E-state index is 2.24. The topological polar surface area (TPSA) is 0 Å². The predicted octanol–water partition coefficient (Wildman–Crippen LogP) is 3.43. The van der Waals surface area contributed by atoms with Crippen LogP contribution < -0.4 is 0 Å². The van der Waals surface area contributed by atoms with E-state index in [1.807, 2.05) is 0 Å². The minimum absolute atomic E-state index is 0.994. The van der Waals surface area contributed by atoms with Crippen molar-refractivity contribution in [3.05, 3.63) is 5.92 Å². The summed E-state index contributed by atoms with van der Waals surface area (Å²) >= 11 is 4.22. The Hall–Kier alpha value is 0.700. The Morgan fingerprint density at radius 1 is 1.27 bits per heavy atom. The molecule has 1 aliphatic heterocycles. The first-order chi connectivity index (χ1) is 5.29. The SMILES string of the molecule is C[C](C)CCC1CSCSC1. The normalized spacial score (nSPS) is 21.0. The first kappa shape index (κ1) is 9.79. The molecule has 1 aliphatic rings. The molecule has 1 rings (SSSR count). The van der Waals surface area contributed by atoms with Gasteiger partial charge >= 0.3 is 0 Å². The second kappa shape index (κ2) is 5.36. The Morgan fingerprint density at radius 2 is 1.91 bits per heavy atom. The van der Waals surface area contributed by atoms with Crippen LogP contribution in [-0.4, -0.2) is 16.6 Å². The van der Waals surface area contributed by atoms with Crippen molar-refractivity contribution in [2.75, 3.05) is 16.6 Å². The molecule has 0 aromatic rings. The molecule has 0 bridgehead atoms. The van der Waals surface area contributed by atoms with Gasteiger partial charge in [0, 0.05) is 5.08 Å². The molecule has 11 heavy (non-hydrogen) atoms. The van der Waals surface area contributed by atoms with Crippen molar-refractivity contribution < 1.29 is 0 Å². The molecule has 0 aliphatic carbocycles. The van der Waals surface area contributed by atoms with Gasteiger partial charge in [0.25, 0.3) is 0 Å². The smallest absolute Gasteiger partial charge is 0.0392 e. The first-order valence-corrected chi connectivity index (χ1v) is 6.54. The summed E-state index contributed by atoms with van der Waals surface area (Å²) in [4.78, 5) is 0. The van der Waals surface area contributed by atoms with Crippen LogP contribution in [0.2, 0.25) is 0 Å². The number of hydrogen-bond acceptors (Lipinski definition) is 2. The van der Waals surface area contributed by atoms with Gasteiger partial charge in [-0.2, -0.15) is 23.5 Å². The van der Waals surface area contributed by atoms with E-state index < -0.39 is 0 Å². The molecule has 0 aromatic heterocycles. The molecular weight excluding hydrogens is 172 g/mol. The van der Waals surface area contributed by atoms with Gasteiger partial charge in [-0.25, -0.2) is 0 Å². The third kappa shape index (κ3) is 4.32. The molecular formula is C9H17S2. The van der Waals surface area contributed by atoms with E-state index in [9.17, 15) is 0 Å². The highest BCUT2D eigenvalue weighted by molar-refractivity contribution is 8.16. The van der Waals surface area contributed by atoms with E-state index in [1.54, 1.807) is 5.92 Å². The highest BCUT2D eigenvalue weighted by atomic mass is 32.2. The molecule has 1 heterocycles. The third-order valence-electron chi connectivity index (χ3n) is 1.93. The Kier molecular flexibility index (Phi) is 4.77. The maximum Gasteiger partial charge on any atom is 0.0392 e. The number of thioether (sulfide) groups is 2. The van der Waals surface area contributed by atoms with E-state index in [4.69, 9.17) is 0 Å². The second-order valence-electron chi connectivity index (χ2n) is 3.47. The molecule has 1 saturated heterocycles. The van der Waals surface area contributed by atoms with Crippen LogP contribution >= 0.6 is 23.5 Å². The lowest BCUT2D eigenvalue weighted by Gasteiger charge is -2.21. The Labute approximate surface area is 78.9 Å². The molecule has 0 aromatic carbocycles. The molecule has 0 unspecified atom stereocenters. The van der Waals surface area contributed by atoms with Gasteiger partial charge in [0.2, 0.25) is 0 Å².